The van der Waals surface area contributed by atoms with E-state index in [4.69, 9.17) is 0 Å². The number of likely N-dealkylation sites (tertiary alicyclic amines) is 1. The SMILES string of the molecule is CC(CNC(=O)c1cccc(N2CCCCS2(=O)=O)c1)N1CCCCC1. The van der Waals surface area contributed by atoms with Gasteiger partial charge < -0.3 is 5.32 Å². The van der Waals surface area contributed by atoms with Gasteiger partial charge in [0, 0.05) is 24.7 Å². The van der Waals surface area contributed by atoms with E-state index in [9.17, 15) is 13.2 Å². The predicted molar refractivity (Wildman–Crippen MR) is 104 cm³/mol. The first kappa shape index (κ1) is 19.2. The summed E-state index contributed by atoms with van der Waals surface area (Å²) >= 11 is 0. The molecule has 1 N–H and O–H groups in total. The number of hydrogen-bond donors (Lipinski definition) is 1. The summed E-state index contributed by atoms with van der Waals surface area (Å²) in [5.41, 5.74) is 1.09. The molecule has 26 heavy (non-hydrogen) atoms. The first-order valence-corrected chi connectivity index (χ1v) is 11.2. The lowest BCUT2D eigenvalue weighted by atomic mass is 10.1. The lowest BCUT2D eigenvalue weighted by Gasteiger charge is -2.32. The summed E-state index contributed by atoms with van der Waals surface area (Å²) in [6.45, 7) is 5.42. The Balaban J connectivity index is 1.63. The maximum atomic E-state index is 12.5. The number of anilines is 1. The molecule has 2 saturated heterocycles. The third-order valence-electron chi connectivity index (χ3n) is 5.32. The molecule has 0 radical (unpaired) electrons. The maximum Gasteiger partial charge on any atom is 0.251 e. The van der Waals surface area contributed by atoms with Gasteiger partial charge in [-0.25, -0.2) is 8.42 Å². The predicted octanol–water partition coefficient (Wildman–Crippen LogP) is 2.22. The van der Waals surface area contributed by atoms with Crippen molar-refractivity contribution in [3.8, 4) is 0 Å². The van der Waals surface area contributed by atoms with Crippen LogP contribution in [-0.4, -0.2) is 57.2 Å². The molecule has 0 aliphatic carbocycles. The number of sulfonamides is 1. The number of nitrogens with one attached hydrogen (secondary N) is 1. The molecule has 1 amide bonds. The van der Waals surface area contributed by atoms with Gasteiger partial charge in [-0.2, -0.15) is 0 Å². The quantitative estimate of drug-likeness (QED) is 0.852. The molecule has 0 bridgehead atoms. The van der Waals surface area contributed by atoms with Gasteiger partial charge in [0.15, 0.2) is 0 Å². The van der Waals surface area contributed by atoms with Crippen molar-refractivity contribution in [1.82, 2.24) is 10.2 Å². The molecule has 6 nitrogen and oxygen atoms in total. The third kappa shape index (κ3) is 4.57. The fourth-order valence-corrected chi connectivity index (χ4v) is 5.34. The van der Waals surface area contributed by atoms with Crippen molar-refractivity contribution in [2.75, 3.05) is 36.2 Å². The van der Waals surface area contributed by atoms with Crippen LogP contribution in [0.2, 0.25) is 0 Å². The van der Waals surface area contributed by atoms with E-state index in [0.717, 1.165) is 19.5 Å². The first-order valence-electron chi connectivity index (χ1n) is 9.60. The Morgan fingerprint density at radius 2 is 1.85 bits per heavy atom. The molecule has 1 unspecified atom stereocenters. The van der Waals surface area contributed by atoms with Crippen LogP contribution in [0.4, 0.5) is 5.69 Å². The fourth-order valence-electron chi connectivity index (χ4n) is 3.71. The molecule has 2 aliphatic heterocycles. The number of carbonyl (C=O) groups excluding carboxylic acids is 1. The zero-order valence-electron chi connectivity index (χ0n) is 15.5. The van der Waals surface area contributed by atoms with E-state index in [1.54, 1.807) is 24.3 Å². The average molecular weight is 380 g/mol. The summed E-state index contributed by atoms with van der Waals surface area (Å²) in [5.74, 6) is 0.0293. The van der Waals surface area contributed by atoms with Gasteiger partial charge in [0.2, 0.25) is 10.0 Å². The highest BCUT2D eigenvalue weighted by atomic mass is 32.2. The van der Waals surface area contributed by atoms with Gasteiger partial charge in [-0.1, -0.05) is 12.5 Å². The van der Waals surface area contributed by atoms with Gasteiger partial charge in [0.1, 0.15) is 0 Å². The van der Waals surface area contributed by atoms with Gasteiger partial charge in [-0.3, -0.25) is 14.0 Å². The van der Waals surface area contributed by atoms with E-state index >= 15 is 0 Å². The third-order valence-corrected chi connectivity index (χ3v) is 7.19. The molecule has 2 heterocycles. The second-order valence-corrected chi connectivity index (χ2v) is 9.31. The molecule has 1 atom stereocenters. The molecule has 1 aromatic rings. The molecule has 0 saturated carbocycles. The van der Waals surface area contributed by atoms with E-state index in [1.165, 1.54) is 23.6 Å². The number of rotatable bonds is 5. The average Bonchev–Trinajstić information content (AvgIpc) is 2.66. The van der Waals surface area contributed by atoms with Crippen LogP contribution in [0.5, 0.6) is 0 Å². The van der Waals surface area contributed by atoms with Gasteiger partial charge in [0.25, 0.3) is 5.91 Å². The topological polar surface area (TPSA) is 69.7 Å². The van der Waals surface area contributed by atoms with Crippen LogP contribution in [0.25, 0.3) is 0 Å². The molecule has 0 spiro atoms. The van der Waals surface area contributed by atoms with E-state index in [0.29, 0.717) is 36.8 Å². The number of nitrogens with zero attached hydrogens (tertiary/aromatic N) is 2. The lowest BCUT2D eigenvalue weighted by molar-refractivity contribution is 0.0930. The largest absolute Gasteiger partial charge is 0.350 e. The summed E-state index contributed by atoms with van der Waals surface area (Å²) in [6, 6.07) is 7.24. The molecule has 2 fully saturated rings. The molecular weight excluding hydrogens is 350 g/mol. The molecule has 144 valence electrons. The van der Waals surface area contributed by atoms with Gasteiger partial charge in [-0.15, -0.1) is 0 Å². The fraction of sp³-hybridized carbons (Fsp3) is 0.632. The minimum atomic E-state index is -3.26. The Morgan fingerprint density at radius 1 is 1.12 bits per heavy atom. The Labute approximate surface area is 156 Å². The minimum absolute atomic E-state index is 0.148. The standard InChI is InChI=1S/C19H29N3O3S/c1-16(21-10-3-2-4-11-21)15-20-19(23)17-8-7-9-18(14-17)22-12-5-6-13-26(22,24)25/h7-9,14,16H,2-6,10-13,15H2,1H3,(H,20,23). The molecule has 0 aromatic heterocycles. The Morgan fingerprint density at radius 3 is 2.58 bits per heavy atom. The van der Waals surface area contributed by atoms with Gasteiger partial charge >= 0.3 is 0 Å². The van der Waals surface area contributed by atoms with Crippen LogP contribution in [-0.2, 0) is 10.0 Å². The van der Waals surface area contributed by atoms with Crippen molar-refractivity contribution in [2.24, 2.45) is 0 Å². The van der Waals surface area contributed by atoms with Crippen LogP contribution in [0.1, 0.15) is 49.4 Å². The van der Waals surface area contributed by atoms with Gasteiger partial charge in [0.05, 0.1) is 11.4 Å². The Hall–Kier alpha value is -1.60. The summed E-state index contributed by atoms with van der Waals surface area (Å²) < 4.78 is 26.0. The summed E-state index contributed by atoms with van der Waals surface area (Å²) in [5, 5.41) is 3.00. The summed E-state index contributed by atoms with van der Waals surface area (Å²) in [6.07, 6.45) is 5.30. The minimum Gasteiger partial charge on any atom is -0.350 e. The maximum absolute atomic E-state index is 12.5. The normalized spacial score (nSPS) is 22.0. The van der Waals surface area contributed by atoms with Crippen molar-refractivity contribution < 1.29 is 13.2 Å². The molecule has 1 aromatic carbocycles. The van der Waals surface area contributed by atoms with Crippen LogP contribution in [0.3, 0.4) is 0 Å². The zero-order chi connectivity index (χ0) is 18.6. The lowest BCUT2D eigenvalue weighted by Crippen LogP contribution is -2.44. The van der Waals surface area contributed by atoms with E-state index < -0.39 is 10.0 Å². The number of piperidine rings is 1. The van der Waals surface area contributed by atoms with Crippen molar-refractivity contribution >= 4 is 21.6 Å². The molecule has 7 heteroatoms. The Kier molecular flexibility index (Phi) is 6.19. The highest BCUT2D eigenvalue weighted by molar-refractivity contribution is 7.92. The second-order valence-electron chi connectivity index (χ2n) is 7.30. The summed E-state index contributed by atoms with van der Waals surface area (Å²) in [7, 11) is -3.26. The Bertz CT molecular complexity index is 729. The number of amides is 1. The highest BCUT2D eigenvalue weighted by Gasteiger charge is 2.26. The second kappa shape index (κ2) is 8.39. The van der Waals surface area contributed by atoms with E-state index in [2.05, 4.69) is 17.1 Å². The van der Waals surface area contributed by atoms with E-state index in [1.807, 2.05) is 0 Å². The van der Waals surface area contributed by atoms with Gasteiger partial charge in [-0.05, 0) is 63.9 Å². The summed E-state index contributed by atoms with van der Waals surface area (Å²) in [4.78, 5) is 14.9. The smallest absolute Gasteiger partial charge is 0.251 e. The van der Waals surface area contributed by atoms with Crippen LogP contribution >= 0.6 is 0 Å². The molecule has 2 aliphatic rings. The molecular formula is C19H29N3O3S. The first-order chi connectivity index (χ1) is 12.5. The molecule has 3 rings (SSSR count). The number of benzene rings is 1. The number of hydrogen-bond acceptors (Lipinski definition) is 4. The van der Waals surface area contributed by atoms with Crippen molar-refractivity contribution in [3.05, 3.63) is 29.8 Å². The van der Waals surface area contributed by atoms with Crippen LogP contribution in [0.15, 0.2) is 24.3 Å². The van der Waals surface area contributed by atoms with E-state index in [-0.39, 0.29) is 11.7 Å². The van der Waals surface area contributed by atoms with Crippen LogP contribution in [0, 0.1) is 0 Å². The highest BCUT2D eigenvalue weighted by Crippen LogP contribution is 2.24. The van der Waals surface area contributed by atoms with Crippen molar-refractivity contribution in [3.63, 3.8) is 0 Å². The monoisotopic (exact) mass is 379 g/mol. The van der Waals surface area contributed by atoms with Crippen molar-refractivity contribution in [1.29, 1.82) is 0 Å². The number of carbonyl (C=O) groups is 1. The zero-order valence-corrected chi connectivity index (χ0v) is 16.3. The van der Waals surface area contributed by atoms with Crippen LogP contribution < -0.4 is 9.62 Å². The van der Waals surface area contributed by atoms with Crippen molar-refractivity contribution in [2.45, 2.75) is 45.1 Å².